The van der Waals surface area contributed by atoms with Gasteiger partial charge in [-0.15, -0.1) is 0 Å². The van der Waals surface area contributed by atoms with Crippen LogP contribution in [0.1, 0.15) is 58.4 Å². The number of carbonyl (C=O) groups excluding carboxylic acids is 1. The minimum Gasteiger partial charge on any atom is -0.507 e. The number of fused-ring (bicyclic) bond motifs is 2. The number of hydrogen-bond donors (Lipinski definition) is 2. The number of phenols is 1. The Morgan fingerprint density at radius 3 is 2.31 bits per heavy atom. The van der Waals surface area contributed by atoms with E-state index in [4.69, 9.17) is 25.5 Å². The Bertz CT molecular complexity index is 1580. The lowest BCUT2D eigenvalue weighted by Gasteiger charge is -2.20. The van der Waals surface area contributed by atoms with Crippen molar-refractivity contribution in [3.05, 3.63) is 100.0 Å². The Balaban J connectivity index is 0.000000179. The average Bonchev–Trinajstić information content (AvgIpc) is 3.43. The van der Waals surface area contributed by atoms with Gasteiger partial charge in [0, 0.05) is 21.5 Å². The van der Waals surface area contributed by atoms with Gasteiger partial charge in [-0.2, -0.15) is 0 Å². The molecule has 0 bridgehead atoms. The molecule has 0 amide bonds. The SMILES string of the molecule is Cc1coc2ccc(C(C)(C)C)c(O)c12.O=C(O)c1cc2cccc(C(=O)c3ccc(Cl)cc3)c2o1. The second-order valence-electron chi connectivity index (χ2n) is 9.48. The molecule has 0 aliphatic rings. The van der Waals surface area contributed by atoms with Crippen LogP contribution in [0.15, 0.2) is 75.8 Å². The number of ketones is 1. The maximum atomic E-state index is 12.5. The van der Waals surface area contributed by atoms with Gasteiger partial charge < -0.3 is 19.0 Å². The average molecular weight is 505 g/mol. The molecule has 3 aromatic carbocycles. The van der Waals surface area contributed by atoms with Crippen molar-refractivity contribution in [1.29, 1.82) is 0 Å². The van der Waals surface area contributed by atoms with Gasteiger partial charge in [0.15, 0.2) is 5.78 Å². The summed E-state index contributed by atoms with van der Waals surface area (Å²) in [4.78, 5) is 23.5. The summed E-state index contributed by atoms with van der Waals surface area (Å²) >= 11 is 5.80. The van der Waals surface area contributed by atoms with Crippen LogP contribution < -0.4 is 0 Å². The zero-order valence-corrected chi connectivity index (χ0v) is 21.0. The first-order valence-corrected chi connectivity index (χ1v) is 11.6. The number of phenolic OH excluding ortho intramolecular Hbond substituents is 1. The van der Waals surface area contributed by atoms with Gasteiger partial charge in [0.25, 0.3) is 0 Å². The number of halogens is 1. The third-order valence-corrected chi connectivity index (χ3v) is 6.06. The standard InChI is InChI=1S/C16H9ClO4.C13H16O2/c17-11-6-4-9(5-7-11)14(18)12-3-1-2-10-8-13(16(19)20)21-15(10)12;1-8-7-15-10-6-5-9(13(2,3)4)12(14)11(8)10/h1-8H,(H,19,20);5-7,14H,1-4H3. The molecule has 6 nitrogen and oxygen atoms in total. The van der Waals surface area contributed by atoms with Crippen molar-refractivity contribution in [3.63, 3.8) is 0 Å². The van der Waals surface area contributed by atoms with E-state index in [2.05, 4.69) is 20.8 Å². The zero-order valence-electron chi connectivity index (χ0n) is 20.3. The van der Waals surface area contributed by atoms with Gasteiger partial charge in [0.2, 0.25) is 5.76 Å². The number of benzene rings is 3. The van der Waals surface area contributed by atoms with Gasteiger partial charge in [-0.25, -0.2) is 4.79 Å². The van der Waals surface area contributed by atoms with Crippen LogP contribution in [0.25, 0.3) is 21.9 Å². The number of aromatic hydroxyl groups is 1. The van der Waals surface area contributed by atoms with E-state index < -0.39 is 5.97 Å². The fourth-order valence-electron chi connectivity index (χ4n) is 3.97. The maximum absolute atomic E-state index is 12.5. The lowest BCUT2D eigenvalue weighted by Crippen LogP contribution is -2.11. The first kappa shape index (κ1) is 25.1. The van der Waals surface area contributed by atoms with Crippen molar-refractivity contribution in [2.24, 2.45) is 0 Å². The highest BCUT2D eigenvalue weighted by atomic mass is 35.5. The number of hydrogen-bond acceptors (Lipinski definition) is 5. The topological polar surface area (TPSA) is 101 Å². The Morgan fingerprint density at radius 1 is 0.972 bits per heavy atom. The number of para-hydroxylation sites is 1. The first-order valence-electron chi connectivity index (χ1n) is 11.2. The van der Waals surface area contributed by atoms with Crippen molar-refractivity contribution in [2.75, 3.05) is 0 Å². The van der Waals surface area contributed by atoms with Crippen LogP contribution in [0.5, 0.6) is 5.75 Å². The van der Waals surface area contributed by atoms with E-state index in [1.54, 1.807) is 48.7 Å². The van der Waals surface area contributed by atoms with Gasteiger partial charge in [-0.1, -0.05) is 50.6 Å². The van der Waals surface area contributed by atoms with Gasteiger partial charge in [-0.3, -0.25) is 4.79 Å². The van der Waals surface area contributed by atoms with Crippen LogP contribution in [-0.2, 0) is 5.41 Å². The van der Waals surface area contributed by atoms with Gasteiger partial charge in [0.1, 0.15) is 16.9 Å². The minimum atomic E-state index is -1.17. The largest absolute Gasteiger partial charge is 0.507 e. The first-order chi connectivity index (χ1) is 17.0. The van der Waals surface area contributed by atoms with E-state index in [9.17, 15) is 14.7 Å². The van der Waals surface area contributed by atoms with E-state index >= 15 is 0 Å². The molecule has 2 heterocycles. The molecule has 0 unspecified atom stereocenters. The second kappa shape index (κ2) is 9.55. The van der Waals surface area contributed by atoms with E-state index in [-0.39, 0.29) is 22.5 Å². The molecule has 5 rings (SSSR count). The van der Waals surface area contributed by atoms with E-state index in [1.807, 2.05) is 19.1 Å². The molecule has 36 heavy (non-hydrogen) atoms. The quantitative estimate of drug-likeness (QED) is 0.243. The van der Waals surface area contributed by atoms with Gasteiger partial charge >= 0.3 is 5.97 Å². The van der Waals surface area contributed by atoms with Crippen molar-refractivity contribution >= 4 is 45.3 Å². The molecule has 0 spiro atoms. The summed E-state index contributed by atoms with van der Waals surface area (Å²) in [6.07, 6.45) is 1.68. The second-order valence-corrected chi connectivity index (χ2v) is 9.92. The normalized spacial score (nSPS) is 11.4. The number of aryl methyl sites for hydroxylation is 1. The zero-order chi connectivity index (χ0) is 26.2. The molecule has 2 N–H and O–H groups in total. The molecular formula is C29H25ClO6. The Hall–Kier alpha value is -4.03. The Labute approximate surface area is 212 Å². The van der Waals surface area contributed by atoms with Crippen molar-refractivity contribution in [3.8, 4) is 5.75 Å². The molecule has 0 saturated carbocycles. The lowest BCUT2D eigenvalue weighted by atomic mass is 9.85. The van der Waals surface area contributed by atoms with Crippen LogP contribution in [0, 0.1) is 6.92 Å². The predicted octanol–water partition coefficient (Wildman–Crippen LogP) is 7.76. The maximum Gasteiger partial charge on any atom is 0.371 e. The number of carboxylic acids is 1. The third kappa shape index (κ3) is 4.86. The Kier molecular flexibility index (Phi) is 6.65. The molecule has 0 radical (unpaired) electrons. The molecule has 184 valence electrons. The highest BCUT2D eigenvalue weighted by Gasteiger charge is 2.21. The van der Waals surface area contributed by atoms with Crippen LogP contribution in [0.2, 0.25) is 5.02 Å². The summed E-state index contributed by atoms with van der Waals surface area (Å²) in [6.45, 7) is 8.20. The number of carboxylic acid groups (broad SMARTS) is 1. The summed E-state index contributed by atoms with van der Waals surface area (Å²) in [5.74, 6) is -1.26. The monoisotopic (exact) mass is 504 g/mol. The number of furan rings is 2. The molecule has 5 aromatic rings. The molecule has 0 atom stereocenters. The molecular weight excluding hydrogens is 480 g/mol. The van der Waals surface area contributed by atoms with Crippen molar-refractivity contribution < 1.29 is 28.6 Å². The minimum absolute atomic E-state index is 0.0536. The van der Waals surface area contributed by atoms with E-state index in [1.165, 1.54) is 6.07 Å². The molecule has 0 saturated heterocycles. The molecule has 0 aliphatic carbocycles. The predicted molar refractivity (Wildman–Crippen MR) is 139 cm³/mol. The number of carbonyl (C=O) groups is 2. The van der Waals surface area contributed by atoms with E-state index in [0.29, 0.717) is 27.3 Å². The fourth-order valence-corrected chi connectivity index (χ4v) is 4.10. The summed E-state index contributed by atoms with van der Waals surface area (Å²) in [5.41, 5.74) is 3.69. The van der Waals surface area contributed by atoms with Crippen molar-refractivity contribution in [2.45, 2.75) is 33.1 Å². The third-order valence-electron chi connectivity index (χ3n) is 5.81. The smallest absolute Gasteiger partial charge is 0.371 e. The summed E-state index contributed by atoms with van der Waals surface area (Å²) in [5, 5.41) is 21.1. The van der Waals surface area contributed by atoms with Crippen molar-refractivity contribution in [1.82, 2.24) is 0 Å². The molecule has 7 heteroatoms. The lowest BCUT2D eigenvalue weighted by molar-refractivity contribution is 0.0664. The fraction of sp³-hybridized carbons (Fsp3) is 0.172. The van der Waals surface area contributed by atoms with Gasteiger partial charge in [0.05, 0.1) is 17.2 Å². The van der Waals surface area contributed by atoms with Gasteiger partial charge in [-0.05, 0) is 60.4 Å². The summed E-state index contributed by atoms with van der Waals surface area (Å²) in [7, 11) is 0. The van der Waals surface area contributed by atoms with E-state index in [0.717, 1.165) is 22.1 Å². The molecule has 2 aromatic heterocycles. The number of rotatable bonds is 3. The van der Waals surface area contributed by atoms with Crippen LogP contribution in [0.4, 0.5) is 0 Å². The van der Waals surface area contributed by atoms with Crippen LogP contribution >= 0.6 is 11.6 Å². The highest BCUT2D eigenvalue weighted by molar-refractivity contribution is 6.30. The molecule has 0 fully saturated rings. The van der Waals surface area contributed by atoms with Crippen LogP contribution in [-0.4, -0.2) is 22.0 Å². The highest BCUT2D eigenvalue weighted by Crippen LogP contribution is 2.38. The summed E-state index contributed by atoms with van der Waals surface area (Å²) in [6, 6.07) is 16.7. The Morgan fingerprint density at radius 2 is 1.67 bits per heavy atom. The number of aromatic carboxylic acids is 1. The van der Waals surface area contributed by atoms with Crippen LogP contribution in [0.3, 0.4) is 0 Å². The summed E-state index contributed by atoms with van der Waals surface area (Å²) < 4.78 is 10.6. The molecule has 0 aliphatic heterocycles.